The molecular weight excluding hydrogens is 503 g/mol. The smallest absolute Gasteiger partial charge is 0.377 e. The lowest BCUT2D eigenvalue weighted by molar-refractivity contribution is -0.167. The molecule has 1 aliphatic heterocycles. The van der Waals surface area contributed by atoms with Crippen LogP contribution < -0.4 is 0 Å². The maximum Gasteiger partial charge on any atom is 0.396 e. The topological polar surface area (TPSA) is 55.7 Å². The van der Waals surface area contributed by atoms with Crippen molar-refractivity contribution in [3.05, 3.63) is 70.5 Å². The minimum absolute atomic E-state index is 0.0880. The van der Waals surface area contributed by atoms with Crippen molar-refractivity contribution in [3.63, 3.8) is 0 Å². The Bertz CT molecular complexity index is 1220. The van der Waals surface area contributed by atoms with E-state index in [0.29, 0.717) is 32.1 Å². The van der Waals surface area contributed by atoms with E-state index >= 15 is 0 Å². The van der Waals surface area contributed by atoms with Crippen molar-refractivity contribution in [3.8, 4) is 0 Å². The number of allylic oxidation sites excluding steroid dienone is 5. The standard InChI is InChI=1S/C32H38F3NO3/c1-6-27(37)23-11-14-26(17-23)31(38)19(3)29(32(33,34)35)22-9-7-21(8-10-22)16-24-12-13-25-15-18(2)36-30(25)28(24)20(4)39-5/h7-10,12-13,15,19-20,23,25-26,29H,6,11,14,16-17H2,1-5H3/t19?,20-,23?,25?,26+,29-/m0/s1. The Balaban J connectivity index is 1.54. The molecule has 210 valence electrons. The van der Waals surface area contributed by atoms with Crippen LogP contribution in [0.1, 0.15) is 70.4 Å². The number of hydrogen-bond acceptors (Lipinski definition) is 4. The fraction of sp³-hybridized carbons (Fsp3) is 0.531. The number of benzene rings is 1. The molecule has 1 aromatic carbocycles. The number of fused-ring (bicyclic) bond motifs is 1. The summed E-state index contributed by atoms with van der Waals surface area (Å²) in [6, 6.07) is 6.45. The first kappa shape index (κ1) is 29.2. The maximum absolute atomic E-state index is 14.3. The number of alkyl halides is 3. The fourth-order valence-electron chi connectivity index (χ4n) is 6.42. The lowest BCUT2D eigenvalue weighted by Gasteiger charge is -2.28. The molecule has 7 heteroatoms. The number of carbonyl (C=O) groups excluding carboxylic acids is 2. The van der Waals surface area contributed by atoms with Gasteiger partial charge in [0.05, 0.1) is 17.7 Å². The molecular formula is C32H38F3NO3. The van der Waals surface area contributed by atoms with E-state index in [2.05, 4.69) is 18.2 Å². The lowest BCUT2D eigenvalue weighted by atomic mass is 9.79. The SMILES string of the molecule is CCC(=O)C1CC[C@@H](C(=O)C(C)[C@@H](c2ccc(CC3=C([C@H](C)OC)C4=NC(C)=CC4C=C3)cc2)C(F)(F)F)C1. The van der Waals surface area contributed by atoms with Gasteiger partial charge in [-0.3, -0.25) is 14.6 Å². The summed E-state index contributed by atoms with van der Waals surface area (Å²) in [5.41, 5.74) is 4.94. The molecule has 4 nitrogen and oxygen atoms in total. The van der Waals surface area contributed by atoms with Gasteiger partial charge in [-0.25, -0.2) is 0 Å². The van der Waals surface area contributed by atoms with Gasteiger partial charge < -0.3 is 4.74 Å². The van der Waals surface area contributed by atoms with E-state index in [1.54, 1.807) is 26.2 Å². The molecule has 0 radical (unpaired) electrons. The van der Waals surface area contributed by atoms with E-state index in [9.17, 15) is 22.8 Å². The number of rotatable bonds is 10. The molecule has 39 heavy (non-hydrogen) atoms. The first-order chi connectivity index (χ1) is 18.4. The van der Waals surface area contributed by atoms with Crippen LogP contribution in [0.15, 0.2) is 64.3 Å². The van der Waals surface area contributed by atoms with E-state index < -0.39 is 23.9 Å². The number of hydrogen-bond donors (Lipinski definition) is 0. The van der Waals surface area contributed by atoms with Crippen LogP contribution in [-0.2, 0) is 20.7 Å². The highest BCUT2D eigenvalue weighted by Crippen LogP contribution is 2.44. The van der Waals surface area contributed by atoms with Crippen LogP contribution in [0.2, 0.25) is 0 Å². The minimum Gasteiger partial charge on any atom is -0.377 e. The average molecular weight is 542 g/mol. The summed E-state index contributed by atoms with van der Waals surface area (Å²) in [4.78, 5) is 30.0. The van der Waals surface area contributed by atoms with E-state index in [1.807, 2.05) is 13.8 Å². The second kappa shape index (κ2) is 11.7. The number of Topliss-reactive ketones (excluding diaryl/α,β-unsaturated/α-hetero) is 2. The van der Waals surface area contributed by atoms with Crippen LogP contribution in [0.4, 0.5) is 13.2 Å². The van der Waals surface area contributed by atoms with Gasteiger partial charge in [0.1, 0.15) is 11.6 Å². The number of aliphatic imine (C=N–C) groups is 1. The van der Waals surface area contributed by atoms with Gasteiger partial charge in [0, 0.05) is 48.5 Å². The van der Waals surface area contributed by atoms with Gasteiger partial charge in [-0.2, -0.15) is 13.2 Å². The first-order valence-electron chi connectivity index (χ1n) is 13.9. The summed E-state index contributed by atoms with van der Waals surface area (Å²) in [7, 11) is 1.65. The van der Waals surface area contributed by atoms with Crippen LogP contribution >= 0.6 is 0 Å². The summed E-state index contributed by atoms with van der Waals surface area (Å²) in [5, 5.41) is 0. The number of methoxy groups -OCH3 is 1. The molecule has 6 atom stereocenters. The van der Waals surface area contributed by atoms with Crippen molar-refractivity contribution in [1.82, 2.24) is 0 Å². The highest BCUT2D eigenvalue weighted by molar-refractivity contribution is 6.08. The molecule has 1 fully saturated rings. The minimum atomic E-state index is -4.57. The van der Waals surface area contributed by atoms with Crippen LogP contribution in [0, 0.1) is 23.7 Å². The van der Waals surface area contributed by atoms with E-state index in [1.165, 1.54) is 19.1 Å². The van der Waals surface area contributed by atoms with Crippen molar-refractivity contribution in [2.75, 3.05) is 7.11 Å². The maximum atomic E-state index is 14.3. The molecule has 0 amide bonds. The number of halogens is 3. The van der Waals surface area contributed by atoms with Crippen molar-refractivity contribution >= 4 is 17.3 Å². The van der Waals surface area contributed by atoms with Gasteiger partial charge in [-0.05, 0) is 56.2 Å². The normalized spacial score (nSPS) is 25.2. The van der Waals surface area contributed by atoms with Crippen molar-refractivity contribution in [1.29, 1.82) is 0 Å². The first-order valence-corrected chi connectivity index (χ1v) is 13.9. The quantitative estimate of drug-likeness (QED) is 0.311. The van der Waals surface area contributed by atoms with Gasteiger partial charge in [0.25, 0.3) is 0 Å². The fourth-order valence-corrected chi connectivity index (χ4v) is 6.42. The third kappa shape index (κ3) is 6.19. The van der Waals surface area contributed by atoms with Gasteiger partial charge in [-0.1, -0.05) is 56.3 Å². The molecule has 0 saturated heterocycles. The molecule has 1 heterocycles. The molecule has 1 aromatic rings. The number of ether oxygens (including phenoxy) is 1. The largest absolute Gasteiger partial charge is 0.396 e. The Morgan fingerprint density at radius 1 is 1.10 bits per heavy atom. The monoisotopic (exact) mass is 541 g/mol. The predicted molar refractivity (Wildman–Crippen MR) is 147 cm³/mol. The molecule has 3 unspecified atom stereocenters. The zero-order valence-electron chi connectivity index (χ0n) is 23.3. The number of ketones is 2. The molecule has 2 aliphatic carbocycles. The molecule has 1 saturated carbocycles. The molecule has 0 spiro atoms. The third-order valence-corrected chi connectivity index (χ3v) is 8.59. The van der Waals surface area contributed by atoms with E-state index in [-0.39, 0.29) is 35.1 Å². The van der Waals surface area contributed by atoms with Gasteiger partial charge in [0.2, 0.25) is 0 Å². The molecule has 0 bridgehead atoms. The summed E-state index contributed by atoms with van der Waals surface area (Å²) in [6.45, 7) is 7.10. The van der Waals surface area contributed by atoms with E-state index in [0.717, 1.165) is 28.1 Å². The van der Waals surface area contributed by atoms with Crippen molar-refractivity contribution < 1.29 is 27.5 Å². The van der Waals surface area contributed by atoms with Gasteiger partial charge >= 0.3 is 6.18 Å². The summed E-state index contributed by atoms with van der Waals surface area (Å²) in [5.74, 6) is -3.99. The lowest BCUT2D eigenvalue weighted by Crippen LogP contribution is -2.34. The molecule has 3 aliphatic rings. The average Bonchev–Trinajstić information content (AvgIpc) is 3.54. The summed E-state index contributed by atoms with van der Waals surface area (Å²) >= 11 is 0. The highest BCUT2D eigenvalue weighted by atomic mass is 19.4. The number of nitrogens with zero attached hydrogens (tertiary/aromatic N) is 1. The Hall–Kier alpha value is -2.80. The summed E-state index contributed by atoms with van der Waals surface area (Å²) in [6.07, 6.45) is 3.88. The van der Waals surface area contributed by atoms with Crippen LogP contribution in [0.3, 0.4) is 0 Å². The van der Waals surface area contributed by atoms with Gasteiger partial charge in [-0.15, -0.1) is 0 Å². The second-order valence-electron chi connectivity index (χ2n) is 11.2. The Kier molecular flexibility index (Phi) is 8.79. The van der Waals surface area contributed by atoms with Gasteiger partial charge in [0.15, 0.2) is 0 Å². The Labute approximate surface area is 229 Å². The van der Waals surface area contributed by atoms with Crippen LogP contribution in [0.5, 0.6) is 0 Å². The van der Waals surface area contributed by atoms with Crippen molar-refractivity contribution in [2.24, 2.45) is 28.7 Å². The molecule has 0 aromatic heterocycles. The predicted octanol–water partition coefficient (Wildman–Crippen LogP) is 7.35. The second-order valence-corrected chi connectivity index (χ2v) is 11.2. The molecule has 0 N–H and O–H groups in total. The summed E-state index contributed by atoms with van der Waals surface area (Å²) < 4.78 is 48.6. The van der Waals surface area contributed by atoms with Crippen LogP contribution in [-0.4, -0.2) is 36.7 Å². The Morgan fingerprint density at radius 2 is 1.77 bits per heavy atom. The van der Waals surface area contributed by atoms with E-state index in [4.69, 9.17) is 9.73 Å². The number of carbonyl (C=O) groups is 2. The third-order valence-electron chi connectivity index (χ3n) is 8.59. The highest BCUT2D eigenvalue weighted by Gasteiger charge is 2.48. The molecule has 4 rings (SSSR count). The zero-order valence-corrected chi connectivity index (χ0v) is 23.3. The van der Waals surface area contributed by atoms with Crippen LogP contribution in [0.25, 0.3) is 0 Å². The zero-order chi connectivity index (χ0) is 28.5. The van der Waals surface area contributed by atoms with Crippen molar-refractivity contribution in [2.45, 2.75) is 78.0 Å². The Morgan fingerprint density at radius 3 is 2.38 bits per heavy atom.